The Morgan fingerprint density at radius 1 is 1.40 bits per heavy atom. The first-order chi connectivity index (χ1) is 9.33. The second kappa shape index (κ2) is 9.55. The van der Waals surface area contributed by atoms with Crippen LogP contribution < -0.4 is 5.32 Å². The van der Waals surface area contributed by atoms with Crippen molar-refractivity contribution in [3.8, 4) is 0 Å². The molecule has 114 valence electrons. The van der Waals surface area contributed by atoms with Crippen LogP contribution in [0.15, 0.2) is 10.4 Å². The maximum absolute atomic E-state index is 4.72. The SMILES string of the molecule is CCNC(=NCCc1csc(CC)n1)N1CCCC1.I. The van der Waals surface area contributed by atoms with E-state index in [9.17, 15) is 0 Å². The van der Waals surface area contributed by atoms with E-state index >= 15 is 0 Å². The van der Waals surface area contributed by atoms with Gasteiger partial charge < -0.3 is 10.2 Å². The summed E-state index contributed by atoms with van der Waals surface area (Å²) < 4.78 is 0. The molecular weight excluding hydrogens is 383 g/mol. The van der Waals surface area contributed by atoms with Gasteiger partial charge in [-0.15, -0.1) is 35.3 Å². The number of aryl methyl sites for hydroxylation is 1. The molecule has 0 aliphatic carbocycles. The maximum atomic E-state index is 4.72. The summed E-state index contributed by atoms with van der Waals surface area (Å²) in [7, 11) is 0. The number of aromatic nitrogens is 1. The molecule has 20 heavy (non-hydrogen) atoms. The lowest BCUT2D eigenvalue weighted by Crippen LogP contribution is -2.39. The van der Waals surface area contributed by atoms with Crippen LogP contribution in [0.3, 0.4) is 0 Å². The molecule has 1 fully saturated rings. The molecule has 0 spiro atoms. The Hall–Kier alpha value is -0.370. The summed E-state index contributed by atoms with van der Waals surface area (Å²) in [5.74, 6) is 1.07. The molecule has 1 aliphatic rings. The van der Waals surface area contributed by atoms with Crippen LogP contribution in [0.25, 0.3) is 0 Å². The first kappa shape index (κ1) is 17.7. The number of hydrogen-bond acceptors (Lipinski definition) is 3. The van der Waals surface area contributed by atoms with Crippen molar-refractivity contribution in [1.29, 1.82) is 0 Å². The summed E-state index contributed by atoms with van der Waals surface area (Å²) in [6.45, 7) is 8.32. The second-order valence-corrected chi connectivity index (χ2v) is 5.71. The van der Waals surface area contributed by atoms with Gasteiger partial charge in [-0.2, -0.15) is 0 Å². The molecule has 1 aliphatic heterocycles. The minimum atomic E-state index is 0. The van der Waals surface area contributed by atoms with Crippen LogP contribution >= 0.6 is 35.3 Å². The Labute approximate surface area is 143 Å². The molecule has 2 heterocycles. The monoisotopic (exact) mass is 408 g/mol. The quantitative estimate of drug-likeness (QED) is 0.463. The van der Waals surface area contributed by atoms with Gasteiger partial charge in [0.25, 0.3) is 0 Å². The van der Waals surface area contributed by atoms with Gasteiger partial charge >= 0.3 is 0 Å². The van der Waals surface area contributed by atoms with Crippen molar-refractivity contribution >= 4 is 41.3 Å². The number of nitrogens with one attached hydrogen (secondary N) is 1. The summed E-state index contributed by atoms with van der Waals surface area (Å²) in [5, 5.41) is 6.78. The highest BCUT2D eigenvalue weighted by atomic mass is 127. The van der Waals surface area contributed by atoms with Crippen LogP contribution in [0.2, 0.25) is 0 Å². The van der Waals surface area contributed by atoms with Crippen molar-refractivity contribution < 1.29 is 0 Å². The van der Waals surface area contributed by atoms with E-state index in [1.165, 1.54) is 23.5 Å². The molecule has 6 heteroatoms. The van der Waals surface area contributed by atoms with Crippen molar-refractivity contribution in [2.45, 2.75) is 39.5 Å². The van der Waals surface area contributed by atoms with E-state index in [-0.39, 0.29) is 24.0 Å². The summed E-state index contributed by atoms with van der Waals surface area (Å²) in [6.07, 6.45) is 4.55. The van der Waals surface area contributed by atoms with Gasteiger partial charge in [-0.3, -0.25) is 4.99 Å². The fourth-order valence-electron chi connectivity index (χ4n) is 2.26. The summed E-state index contributed by atoms with van der Waals surface area (Å²) in [6, 6.07) is 0. The predicted octanol–water partition coefficient (Wildman–Crippen LogP) is 2.93. The average Bonchev–Trinajstić information content (AvgIpc) is 3.09. The van der Waals surface area contributed by atoms with Crippen molar-refractivity contribution in [3.63, 3.8) is 0 Å². The molecule has 1 aromatic heterocycles. The van der Waals surface area contributed by atoms with Crippen LogP contribution in [0.4, 0.5) is 0 Å². The normalized spacial score (nSPS) is 15.3. The van der Waals surface area contributed by atoms with Gasteiger partial charge in [0.15, 0.2) is 5.96 Å². The van der Waals surface area contributed by atoms with Crippen molar-refractivity contribution in [1.82, 2.24) is 15.2 Å². The summed E-state index contributed by atoms with van der Waals surface area (Å²) in [4.78, 5) is 11.7. The second-order valence-electron chi connectivity index (χ2n) is 4.77. The number of likely N-dealkylation sites (tertiary alicyclic amines) is 1. The fraction of sp³-hybridized carbons (Fsp3) is 0.714. The van der Waals surface area contributed by atoms with E-state index in [0.29, 0.717) is 0 Å². The van der Waals surface area contributed by atoms with Crippen molar-refractivity contribution in [2.24, 2.45) is 4.99 Å². The fourth-order valence-corrected chi connectivity index (χ4v) is 3.04. The molecular formula is C14H25IN4S. The largest absolute Gasteiger partial charge is 0.357 e. The van der Waals surface area contributed by atoms with E-state index in [4.69, 9.17) is 4.99 Å². The van der Waals surface area contributed by atoms with Crippen molar-refractivity contribution in [2.75, 3.05) is 26.2 Å². The zero-order chi connectivity index (χ0) is 13.5. The van der Waals surface area contributed by atoms with Crippen LogP contribution in [-0.2, 0) is 12.8 Å². The maximum Gasteiger partial charge on any atom is 0.193 e. The van der Waals surface area contributed by atoms with E-state index in [0.717, 1.165) is 45.0 Å². The van der Waals surface area contributed by atoms with E-state index in [2.05, 4.69) is 34.4 Å². The molecule has 1 aromatic rings. The molecule has 0 unspecified atom stereocenters. The van der Waals surface area contributed by atoms with Gasteiger partial charge in [-0.05, 0) is 26.2 Å². The van der Waals surface area contributed by atoms with Crippen LogP contribution in [-0.4, -0.2) is 42.0 Å². The summed E-state index contributed by atoms with van der Waals surface area (Å²) >= 11 is 1.76. The molecule has 2 rings (SSSR count). The number of guanidine groups is 1. The number of aliphatic imine (C=N–C) groups is 1. The third kappa shape index (κ3) is 5.20. The van der Waals surface area contributed by atoms with Crippen LogP contribution in [0.1, 0.15) is 37.4 Å². The third-order valence-corrected chi connectivity index (χ3v) is 4.31. The van der Waals surface area contributed by atoms with Gasteiger partial charge in [-0.1, -0.05) is 6.92 Å². The van der Waals surface area contributed by atoms with Gasteiger partial charge in [-0.25, -0.2) is 4.98 Å². The van der Waals surface area contributed by atoms with Gasteiger partial charge in [0.2, 0.25) is 0 Å². The lowest BCUT2D eigenvalue weighted by molar-refractivity contribution is 0.494. The van der Waals surface area contributed by atoms with Gasteiger partial charge in [0.05, 0.1) is 10.7 Å². The smallest absolute Gasteiger partial charge is 0.193 e. The third-order valence-electron chi connectivity index (χ3n) is 3.27. The predicted molar refractivity (Wildman–Crippen MR) is 97.4 cm³/mol. The van der Waals surface area contributed by atoms with E-state index in [1.807, 2.05) is 0 Å². The lowest BCUT2D eigenvalue weighted by Gasteiger charge is -2.20. The Balaban J connectivity index is 0.00000200. The van der Waals surface area contributed by atoms with E-state index < -0.39 is 0 Å². The van der Waals surface area contributed by atoms with Crippen LogP contribution in [0.5, 0.6) is 0 Å². The number of nitrogens with zero attached hydrogens (tertiary/aromatic N) is 3. The number of hydrogen-bond donors (Lipinski definition) is 1. The topological polar surface area (TPSA) is 40.5 Å². The molecule has 0 saturated carbocycles. The summed E-state index contributed by atoms with van der Waals surface area (Å²) in [5.41, 5.74) is 1.18. The van der Waals surface area contributed by atoms with Gasteiger partial charge in [0.1, 0.15) is 0 Å². The first-order valence-corrected chi connectivity index (χ1v) is 8.18. The first-order valence-electron chi connectivity index (χ1n) is 7.30. The number of rotatable bonds is 5. The standard InChI is InChI=1S/C14H24N4S.HI/c1-3-13-17-12(11-19-13)7-8-16-14(15-4-2)18-9-5-6-10-18;/h11H,3-10H2,1-2H3,(H,15,16);1H. The number of halogens is 1. The van der Waals surface area contributed by atoms with E-state index in [1.54, 1.807) is 11.3 Å². The highest BCUT2D eigenvalue weighted by molar-refractivity contribution is 14.0. The minimum Gasteiger partial charge on any atom is -0.357 e. The molecule has 0 aromatic carbocycles. The molecule has 0 amide bonds. The number of thiazole rings is 1. The minimum absolute atomic E-state index is 0. The Kier molecular flexibility index (Phi) is 8.44. The zero-order valence-electron chi connectivity index (χ0n) is 12.4. The molecule has 0 bridgehead atoms. The Morgan fingerprint density at radius 2 is 2.15 bits per heavy atom. The van der Waals surface area contributed by atoms with Crippen LogP contribution in [0, 0.1) is 0 Å². The van der Waals surface area contributed by atoms with Gasteiger partial charge in [0, 0.05) is 38.0 Å². The highest BCUT2D eigenvalue weighted by Crippen LogP contribution is 2.11. The Morgan fingerprint density at radius 3 is 2.75 bits per heavy atom. The Bertz CT molecular complexity index is 413. The molecule has 4 nitrogen and oxygen atoms in total. The molecule has 1 saturated heterocycles. The average molecular weight is 408 g/mol. The van der Waals surface area contributed by atoms with Crippen molar-refractivity contribution in [3.05, 3.63) is 16.1 Å². The molecule has 0 radical (unpaired) electrons. The molecule has 1 N–H and O–H groups in total. The lowest BCUT2D eigenvalue weighted by atomic mass is 10.3. The molecule has 0 atom stereocenters. The highest BCUT2D eigenvalue weighted by Gasteiger charge is 2.15. The zero-order valence-corrected chi connectivity index (χ0v) is 15.5.